The van der Waals surface area contributed by atoms with Crippen LogP contribution in [0.1, 0.15) is 39.5 Å². The first-order chi connectivity index (χ1) is 28.0. The van der Waals surface area contributed by atoms with Gasteiger partial charge >= 0.3 is 12.1 Å². The highest BCUT2D eigenvalue weighted by atomic mass is 35.5. The van der Waals surface area contributed by atoms with E-state index in [1.807, 2.05) is 0 Å². The minimum atomic E-state index is -4.81. The van der Waals surface area contributed by atoms with Crippen molar-refractivity contribution in [2.75, 3.05) is 89.8 Å². The summed E-state index contributed by atoms with van der Waals surface area (Å²) in [6.07, 6.45) is 0.220. The van der Waals surface area contributed by atoms with Crippen LogP contribution in [-0.4, -0.2) is 147 Å². The highest BCUT2D eigenvalue weighted by molar-refractivity contribution is 6.34. The number of carboxylic acid groups (broad SMARTS) is 1. The number of rotatable bonds is 11. The van der Waals surface area contributed by atoms with Crippen molar-refractivity contribution in [1.82, 2.24) is 39.4 Å². The highest BCUT2D eigenvalue weighted by Gasteiger charge is 2.42. The number of anilines is 2. The molecule has 0 aliphatic carbocycles. The molecule has 3 aromatic heterocycles. The number of pyridine rings is 1. The van der Waals surface area contributed by atoms with Gasteiger partial charge in [-0.15, -0.1) is 0 Å². The van der Waals surface area contributed by atoms with Gasteiger partial charge in [0.2, 0.25) is 5.91 Å². The average molecular weight is 841 g/mol. The highest BCUT2D eigenvalue weighted by Crippen LogP contribution is 2.37. The second-order valence-corrected chi connectivity index (χ2v) is 16.1. The van der Waals surface area contributed by atoms with Gasteiger partial charge in [0.15, 0.2) is 18.1 Å². The van der Waals surface area contributed by atoms with Gasteiger partial charge in [0.1, 0.15) is 5.82 Å². The van der Waals surface area contributed by atoms with Gasteiger partial charge in [-0.2, -0.15) is 18.3 Å². The Balaban J connectivity index is 0.958. The lowest BCUT2D eigenvalue weighted by molar-refractivity contribution is -0.929. The number of nitrogens with zero attached hydrogens (tertiary/aromatic N) is 9. The van der Waals surface area contributed by atoms with Crippen molar-refractivity contribution in [2.45, 2.75) is 19.0 Å². The molecule has 0 spiro atoms. The Labute approximate surface area is 343 Å². The summed E-state index contributed by atoms with van der Waals surface area (Å²) < 4.78 is 45.4. The first-order valence-electron chi connectivity index (χ1n) is 19.3. The molecule has 3 aliphatic heterocycles. The fourth-order valence-electron chi connectivity index (χ4n) is 8.14. The van der Waals surface area contributed by atoms with Crippen LogP contribution in [0.3, 0.4) is 0 Å². The molecule has 7 rings (SSSR count). The number of likely N-dealkylation sites (tertiary alicyclic amines) is 1. The van der Waals surface area contributed by atoms with Gasteiger partial charge in [-0.1, -0.05) is 11.6 Å². The number of aromatic nitrogens is 5. The van der Waals surface area contributed by atoms with Crippen molar-refractivity contribution in [3.63, 3.8) is 0 Å². The van der Waals surface area contributed by atoms with Crippen LogP contribution in [-0.2, 0) is 22.8 Å². The zero-order valence-corrected chi connectivity index (χ0v) is 33.6. The number of quaternary nitrogens is 1. The number of alkyl halides is 3. The van der Waals surface area contributed by atoms with E-state index >= 15 is 0 Å². The molecule has 3 N–H and O–H groups in total. The summed E-state index contributed by atoms with van der Waals surface area (Å²) in [5.74, 6) is -1.14. The summed E-state index contributed by atoms with van der Waals surface area (Å²) in [5, 5.41) is 19.4. The number of halogens is 4. The lowest BCUT2D eigenvalue weighted by Crippen LogP contribution is -2.62. The van der Waals surface area contributed by atoms with Crippen LogP contribution in [0.2, 0.25) is 5.02 Å². The first-order valence-corrected chi connectivity index (χ1v) is 19.7. The van der Waals surface area contributed by atoms with Crippen LogP contribution in [0.15, 0.2) is 48.9 Å². The van der Waals surface area contributed by atoms with Crippen molar-refractivity contribution in [3.05, 3.63) is 71.0 Å². The molecular weight excluding hydrogens is 795 g/mol. The maximum Gasteiger partial charge on any atom is 0.435 e. The maximum absolute atomic E-state index is 14.2. The van der Waals surface area contributed by atoms with E-state index in [9.17, 15) is 37.5 Å². The molecule has 0 atom stereocenters. The van der Waals surface area contributed by atoms with Crippen molar-refractivity contribution in [3.8, 4) is 16.9 Å². The molecule has 3 amide bonds. The van der Waals surface area contributed by atoms with Crippen LogP contribution in [0.5, 0.6) is 0 Å². The smallest absolute Gasteiger partial charge is 0.435 e. The Kier molecular flexibility index (Phi) is 11.7. The summed E-state index contributed by atoms with van der Waals surface area (Å²) in [5.41, 5.74) is -0.709. The zero-order chi connectivity index (χ0) is 42.2. The van der Waals surface area contributed by atoms with Gasteiger partial charge in [0.05, 0.1) is 59.6 Å². The second-order valence-electron chi connectivity index (χ2n) is 15.7. The van der Waals surface area contributed by atoms with Crippen LogP contribution in [0, 0.1) is 11.8 Å². The third kappa shape index (κ3) is 8.91. The van der Waals surface area contributed by atoms with Crippen molar-refractivity contribution >= 4 is 46.8 Å². The number of imidazole rings is 1. The van der Waals surface area contributed by atoms with Crippen molar-refractivity contribution < 1.29 is 41.9 Å². The second kappa shape index (κ2) is 16.6. The molecule has 0 unspecified atom stereocenters. The lowest BCUT2D eigenvalue weighted by Gasteiger charge is -2.46. The third-order valence-corrected chi connectivity index (χ3v) is 11.8. The van der Waals surface area contributed by atoms with Gasteiger partial charge in [0.25, 0.3) is 11.8 Å². The number of benzene rings is 1. The number of piperazine rings is 1. The average Bonchev–Trinajstić information content (AvgIpc) is 3.80. The molecule has 3 saturated heterocycles. The summed E-state index contributed by atoms with van der Waals surface area (Å²) >= 11 is 6.56. The lowest BCUT2D eigenvalue weighted by atomic mass is 9.90. The van der Waals surface area contributed by atoms with E-state index in [1.54, 1.807) is 40.9 Å². The van der Waals surface area contributed by atoms with E-state index in [4.69, 9.17) is 11.6 Å². The van der Waals surface area contributed by atoms with Gasteiger partial charge < -0.3 is 39.5 Å². The van der Waals surface area contributed by atoms with Gasteiger partial charge in [-0.25, -0.2) is 19.4 Å². The van der Waals surface area contributed by atoms with E-state index in [0.29, 0.717) is 74.0 Å². The number of carboxylic acids is 1. The summed E-state index contributed by atoms with van der Waals surface area (Å²) in [6, 6.07) is 7.63. The molecule has 16 nitrogen and oxygen atoms in total. The van der Waals surface area contributed by atoms with Gasteiger partial charge in [0, 0.05) is 97.0 Å². The molecule has 3 fully saturated rings. The summed E-state index contributed by atoms with van der Waals surface area (Å²) in [6.45, 7) is 5.27. The van der Waals surface area contributed by atoms with Crippen molar-refractivity contribution in [2.24, 2.45) is 18.9 Å². The number of piperidine rings is 1. The van der Waals surface area contributed by atoms with Crippen LogP contribution >= 0.6 is 11.6 Å². The zero-order valence-electron chi connectivity index (χ0n) is 32.9. The number of carbonyl (C=O) groups is 4. The topological polar surface area (TPSA) is 171 Å². The quantitative estimate of drug-likeness (QED) is 0.190. The molecule has 0 bridgehead atoms. The fraction of sp³-hybridized carbons (Fsp3) is 0.462. The molecule has 0 saturated carbocycles. The predicted octanol–water partition coefficient (Wildman–Crippen LogP) is 3.47. The first kappa shape index (κ1) is 41.6. The Bertz CT molecular complexity index is 2220. The Morgan fingerprint density at radius 2 is 1.69 bits per heavy atom. The largest absolute Gasteiger partial charge is 0.477 e. The van der Waals surface area contributed by atoms with E-state index in [0.717, 1.165) is 30.5 Å². The van der Waals surface area contributed by atoms with E-state index in [-0.39, 0.29) is 57.6 Å². The minimum absolute atomic E-state index is 0.000277. The number of amides is 3. The standard InChI is InChI=1S/C39H45ClF3N11O5/c1-49(2)32-7-5-27(19-45-32)53-21-29(34(48-53)39(41,42)43)31-20-46-35(50(31)3)36(57)47-26-4-6-28(30(40)16-26)38(59)52-12-10-51(11-13-52)37(58)25-8-14-54(15-9-25,23-33(55)56)22-24-17-44-18-24/h4-7,16,19-21,24-25,44H,8-15,17-18,22-23H2,1-3H3,(H-,47,55,56,57,59)/p+1. The van der Waals surface area contributed by atoms with E-state index in [1.165, 1.54) is 42.2 Å². The Hall–Kier alpha value is -5.53. The van der Waals surface area contributed by atoms with E-state index in [2.05, 4.69) is 25.7 Å². The summed E-state index contributed by atoms with van der Waals surface area (Å²) in [7, 11) is 4.99. The molecule has 4 aromatic rings. The Morgan fingerprint density at radius 1 is 1.00 bits per heavy atom. The molecule has 59 heavy (non-hydrogen) atoms. The molecule has 1 aromatic carbocycles. The molecular formula is C39H46ClF3N11O5+. The van der Waals surface area contributed by atoms with Crippen LogP contribution in [0.4, 0.5) is 24.7 Å². The number of hydrogen-bond acceptors (Lipinski definition) is 9. The molecule has 0 radical (unpaired) electrons. The number of hydrogen-bond donors (Lipinski definition) is 3. The fourth-order valence-corrected chi connectivity index (χ4v) is 8.41. The SMILES string of the molecule is CN(C)c1ccc(-n2cc(-c3cnc(C(=O)Nc4ccc(C(=O)N5CCN(C(=O)C6CC[N+](CC(=O)O)(CC7CNC7)CC6)CC5)c(Cl)c4)n3C)c(C(F)(F)F)n2)cn1. The minimum Gasteiger partial charge on any atom is -0.477 e. The molecule has 3 aliphatic rings. The van der Waals surface area contributed by atoms with Gasteiger partial charge in [-0.05, 0) is 30.3 Å². The van der Waals surface area contributed by atoms with Crippen LogP contribution < -0.4 is 15.5 Å². The number of nitrogens with one attached hydrogen (secondary N) is 2. The van der Waals surface area contributed by atoms with Crippen LogP contribution in [0.25, 0.3) is 16.9 Å². The van der Waals surface area contributed by atoms with Gasteiger partial charge in [-0.3, -0.25) is 14.4 Å². The number of aliphatic carboxylic acids is 1. The monoisotopic (exact) mass is 840 g/mol. The molecule has 20 heteroatoms. The molecule has 6 heterocycles. The third-order valence-electron chi connectivity index (χ3n) is 11.5. The predicted molar refractivity (Wildman–Crippen MR) is 211 cm³/mol. The van der Waals surface area contributed by atoms with E-state index < -0.39 is 23.7 Å². The Morgan fingerprint density at radius 3 is 2.27 bits per heavy atom. The summed E-state index contributed by atoms with van der Waals surface area (Å²) in [4.78, 5) is 65.6. The van der Waals surface area contributed by atoms with Crippen molar-refractivity contribution in [1.29, 1.82) is 0 Å². The number of carbonyl (C=O) groups excluding carboxylic acids is 3. The molecule has 314 valence electrons. The maximum atomic E-state index is 14.2. The normalized spacial score (nSPS) is 19.9.